The van der Waals surface area contributed by atoms with Crippen LogP contribution in [0.3, 0.4) is 0 Å². The monoisotopic (exact) mass is 401 g/mol. The Morgan fingerprint density at radius 3 is 1.67 bits per heavy atom. The van der Waals surface area contributed by atoms with Crippen molar-refractivity contribution in [1.82, 2.24) is 0 Å². The number of hydrogen-bond acceptors (Lipinski definition) is 5. The first-order valence-electron chi connectivity index (χ1n) is 5.64. The first-order valence-corrected chi connectivity index (χ1v) is 8.59. The van der Waals surface area contributed by atoms with E-state index in [1.165, 1.54) is 6.92 Å². The molecule has 0 fully saturated rings. The maximum atomic E-state index is 13.5. The van der Waals surface area contributed by atoms with Gasteiger partial charge in [-0.1, -0.05) is 17.7 Å². The fourth-order valence-electron chi connectivity index (χ4n) is 1.28. The highest BCUT2D eigenvalue weighted by Crippen LogP contribution is 2.50. The van der Waals surface area contributed by atoms with Crippen LogP contribution in [-0.4, -0.2) is 33.3 Å². The summed E-state index contributed by atoms with van der Waals surface area (Å²) in [6.07, 6.45) is 0. The van der Waals surface area contributed by atoms with Crippen LogP contribution in [0.2, 0.25) is 0 Å². The topological polar surface area (TPSA) is 104 Å². The Morgan fingerprint density at radius 1 is 0.875 bits per heavy atom. The van der Waals surface area contributed by atoms with Crippen molar-refractivity contribution < 1.29 is 47.4 Å². The van der Waals surface area contributed by atoms with E-state index in [0.717, 1.165) is 24.3 Å². The highest BCUT2D eigenvalue weighted by Gasteiger charge is 2.82. The first kappa shape index (κ1) is 20.5. The molecule has 2 N–H and O–H groups in total. The van der Waals surface area contributed by atoms with Crippen molar-refractivity contribution in [3.63, 3.8) is 0 Å². The quantitative estimate of drug-likeness (QED) is 0.579. The number of benzene rings is 1. The number of rotatable bonds is 6. The van der Waals surface area contributed by atoms with Crippen LogP contribution in [0, 0.1) is 6.92 Å². The minimum atomic E-state index is -6.91. The summed E-state index contributed by atoms with van der Waals surface area (Å²) in [5.41, 5.74) is 0.512. The van der Waals surface area contributed by atoms with Gasteiger partial charge in [-0.3, -0.25) is 0 Å². The SMILES string of the molecule is Cc1ccc(OS(=O)(=O)C(F)(F)C(F)(F)C(F)(F)S(N)(=O)=O)cc1. The van der Waals surface area contributed by atoms with E-state index in [1.807, 2.05) is 0 Å². The standard InChI is InChI=1S/C10H9F6NO5S2/c1-6-2-4-7(5-3-6)22-24(20,21)10(15,16)8(11,12)9(13,14)23(17,18)19/h2-5H,1H3,(H2,17,18,19). The van der Waals surface area contributed by atoms with Gasteiger partial charge in [-0.05, 0) is 19.1 Å². The zero-order valence-corrected chi connectivity index (χ0v) is 13.1. The average molecular weight is 401 g/mol. The summed E-state index contributed by atoms with van der Waals surface area (Å²) >= 11 is 0. The Bertz CT molecular complexity index is 820. The molecule has 6 nitrogen and oxygen atoms in total. The van der Waals surface area contributed by atoms with Crippen LogP contribution in [0.4, 0.5) is 26.3 Å². The Labute approximate surface area is 132 Å². The number of alkyl halides is 6. The molecule has 0 aliphatic carbocycles. The summed E-state index contributed by atoms with van der Waals surface area (Å²) < 4.78 is 127. The number of aryl methyl sites for hydroxylation is 1. The van der Waals surface area contributed by atoms with E-state index < -0.39 is 42.3 Å². The second kappa shape index (κ2) is 5.77. The van der Waals surface area contributed by atoms with Gasteiger partial charge in [-0.15, -0.1) is 0 Å². The minimum Gasteiger partial charge on any atom is -0.378 e. The van der Waals surface area contributed by atoms with Gasteiger partial charge in [0.25, 0.3) is 10.0 Å². The van der Waals surface area contributed by atoms with Gasteiger partial charge in [0.2, 0.25) is 0 Å². The molecule has 0 unspecified atom stereocenters. The third-order valence-corrected chi connectivity index (χ3v) is 4.90. The Morgan fingerprint density at radius 2 is 1.29 bits per heavy atom. The summed E-state index contributed by atoms with van der Waals surface area (Å²) in [5, 5.41) is -9.40. The van der Waals surface area contributed by atoms with Crippen LogP contribution in [0.25, 0.3) is 0 Å². The summed E-state index contributed by atoms with van der Waals surface area (Å²) in [7, 11) is -13.3. The molecular weight excluding hydrogens is 392 g/mol. The fraction of sp³-hybridized carbons (Fsp3) is 0.400. The van der Waals surface area contributed by atoms with E-state index in [0.29, 0.717) is 5.56 Å². The van der Waals surface area contributed by atoms with Gasteiger partial charge in [0.15, 0.2) is 0 Å². The zero-order valence-electron chi connectivity index (χ0n) is 11.5. The lowest BCUT2D eigenvalue weighted by atomic mass is 10.2. The molecule has 0 aliphatic rings. The van der Waals surface area contributed by atoms with E-state index >= 15 is 0 Å². The van der Waals surface area contributed by atoms with Crippen LogP contribution in [0.15, 0.2) is 24.3 Å². The van der Waals surface area contributed by atoms with Crippen molar-refractivity contribution >= 4 is 20.1 Å². The molecule has 0 heterocycles. The van der Waals surface area contributed by atoms with Crippen LogP contribution in [0.5, 0.6) is 5.75 Å². The average Bonchev–Trinajstić information content (AvgIpc) is 2.39. The van der Waals surface area contributed by atoms with E-state index in [-0.39, 0.29) is 0 Å². The molecule has 0 saturated heterocycles. The number of primary sulfonamides is 1. The Hall–Kier alpha value is -1.54. The summed E-state index contributed by atoms with van der Waals surface area (Å²) in [6, 6.07) is 3.89. The van der Waals surface area contributed by atoms with Gasteiger partial charge >= 0.3 is 26.5 Å². The third kappa shape index (κ3) is 3.17. The highest BCUT2D eigenvalue weighted by atomic mass is 32.2. The number of halogens is 6. The molecule has 0 spiro atoms. The molecule has 138 valence electrons. The van der Waals surface area contributed by atoms with Crippen LogP contribution in [0.1, 0.15) is 5.56 Å². The predicted molar refractivity (Wildman–Crippen MR) is 68.7 cm³/mol. The molecule has 0 radical (unpaired) electrons. The first-order chi connectivity index (χ1) is 10.5. The second-order valence-electron chi connectivity index (χ2n) is 4.50. The van der Waals surface area contributed by atoms with Crippen molar-refractivity contribution in [3.8, 4) is 5.75 Å². The van der Waals surface area contributed by atoms with Gasteiger partial charge in [0.05, 0.1) is 0 Å². The second-order valence-corrected chi connectivity index (χ2v) is 7.69. The molecule has 0 bridgehead atoms. The van der Waals surface area contributed by atoms with Crippen LogP contribution in [-0.2, 0) is 20.1 Å². The lowest BCUT2D eigenvalue weighted by Crippen LogP contribution is -2.62. The van der Waals surface area contributed by atoms with Crippen molar-refractivity contribution in [3.05, 3.63) is 29.8 Å². The maximum Gasteiger partial charge on any atom is 0.450 e. The lowest BCUT2D eigenvalue weighted by molar-refractivity contribution is -0.245. The van der Waals surface area contributed by atoms with Gasteiger partial charge < -0.3 is 4.18 Å². The molecule has 0 atom stereocenters. The smallest absolute Gasteiger partial charge is 0.378 e. The molecule has 14 heteroatoms. The van der Waals surface area contributed by atoms with E-state index in [1.54, 1.807) is 0 Å². The third-order valence-electron chi connectivity index (χ3n) is 2.63. The molecule has 0 amide bonds. The molecule has 0 aromatic heterocycles. The van der Waals surface area contributed by atoms with Gasteiger partial charge in [0.1, 0.15) is 5.75 Å². The van der Waals surface area contributed by atoms with Crippen LogP contribution >= 0.6 is 0 Å². The van der Waals surface area contributed by atoms with E-state index in [9.17, 15) is 43.2 Å². The van der Waals surface area contributed by atoms with Gasteiger partial charge in [-0.2, -0.15) is 34.8 Å². The summed E-state index contributed by atoms with van der Waals surface area (Å²) in [6.45, 7) is 1.51. The summed E-state index contributed by atoms with van der Waals surface area (Å²) in [4.78, 5) is 0. The molecule has 0 saturated carbocycles. The normalized spacial score (nSPS) is 14.5. The van der Waals surface area contributed by atoms with Crippen molar-refractivity contribution in [2.75, 3.05) is 0 Å². The molecular formula is C10H9F6NO5S2. The molecule has 1 aromatic rings. The molecule has 24 heavy (non-hydrogen) atoms. The summed E-state index contributed by atoms with van der Waals surface area (Å²) in [5.74, 6) is -7.79. The van der Waals surface area contributed by atoms with Crippen molar-refractivity contribution in [2.24, 2.45) is 5.14 Å². The number of sulfonamides is 1. The number of hydrogen-bond donors (Lipinski definition) is 1. The highest BCUT2D eigenvalue weighted by molar-refractivity contribution is 7.90. The fourth-order valence-corrected chi connectivity index (χ4v) is 2.74. The van der Waals surface area contributed by atoms with Crippen molar-refractivity contribution in [1.29, 1.82) is 0 Å². The molecule has 1 aromatic carbocycles. The van der Waals surface area contributed by atoms with E-state index in [4.69, 9.17) is 0 Å². The zero-order chi connectivity index (χ0) is 19.2. The largest absolute Gasteiger partial charge is 0.450 e. The molecule has 1 rings (SSSR count). The maximum absolute atomic E-state index is 13.5. The van der Waals surface area contributed by atoms with E-state index in [2.05, 4.69) is 9.32 Å². The van der Waals surface area contributed by atoms with Gasteiger partial charge in [-0.25, -0.2) is 13.6 Å². The number of nitrogens with two attached hydrogens (primary N) is 1. The van der Waals surface area contributed by atoms with Crippen LogP contribution < -0.4 is 9.32 Å². The lowest BCUT2D eigenvalue weighted by Gasteiger charge is -2.30. The minimum absolute atomic E-state index is 0.512. The Kier molecular flexibility index (Phi) is 4.93. The molecule has 0 aliphatic heterocycles. The Balaban J connectivity index is 3.37. The van der Waals surface area contributed by atoms with Crippen molar-refractivity contribution in [2.45, 2.75) is 23.4 Å². The predicted octanol–water partition coefficient (Wildman–Crippen LogP) is 1.81. The van der Waals surface area contributed by atoms with Gasteiger partial charge in [0, 0.05) is 0 Å².